The lowest BCUT2D eigenvalue weighted by atomic mass is 10.1. The van der Waals surface area contributed by atoms with Gasteiger partial charge < -0.3 is 5.32 Å². The molecule has 0 spiro atoms. The van der Waals surface area contributed by atoms with Crippen molar-refractivity contribution in [2.24, 2.45) is 0 Å². The first-order valence-electron chi connectivity index (χ1n) is 8.84. The van der Waals surface area contributed by atoms with Gasteiger partial charge in [-0.1, -0.05) is 37.3 Å². The molecule has 1 aliphatic rings. The van der Waals surface area contributed by atoms with Crippen LogP contribution in [0.4, 0.5) is 5.69 Å². The van der Waals surface area contributed by atoms with E-state index in [-0.39, 0.29) is 16.2 Å². The number of hydrogen-bond donors (Lipinski definition) is 5. The molecule has 1 amide bonds. The van der Waals surface area contributed by atoms with Crippen LogP contribution in [0.25, 0.3) is 0 Å². The molecule has 150 valence electrons. The van der Waals surface area contributed by atoms with Crippen LogP contribution >= 0.6 is 11.8 Å². The minimum atomic E-state index is -3.52. The molecule has 0 radical (unpaired) electrons. The number of anilines is 1. The first-order chi connectivity index (χ1) is 13.5. The molecule has 28 heavy (non-hydrogen) atoms. The highest BCUT2D eigenvalue weighted by Crippen LogP contribution is 2.33. The minimum Gasteiger partial charge on any atom is -0.325 e. The lowest BCUT2D eigenvalue weighted by Gasteiger charge is -2.20. The first kappa shape index (κ1) is 20.8. The van der Waals surface area contributed by atoms with Gasteiger partial charge in [0.15, 0.2) is 0 Å². The van der Waals surface area contributed by atoms with Crippen molar-refractivity contribution in [1.29, 1.82) is 0 Å². The molecular weight excluding hydrogens is 398 g/mol. The lowest BCUT2D eigenvalue weighted by Crippen LogP contribution is -2.33. The largest absolute Gasteiger partial charge is 0.325 e. The van der Waals surface area contributed by atoms with Gasteiger partial charge in [-0.15, -0.1) is 11.8 Å². The number of nitrogens with one attached hydrogen (secondary N) is 5. The zero-order chi connectivity index (χ0) is 20.0. The Bertz CT molecular complexity index is 885. The molecule has 0 bridgehead atoms. The summed E-state index contributed by atoms with van der Waals surface area (Å²) in [4.78, 5) is 13.1. The van der Waals surface area contributed by atoms with Crippen LogP contribution in [0, 0.1) is 0 Å². The Kier molecular flexibility index (Phi) is 7.05. The Balaban J connectivity index is 1.74. The number of rotatable bonds is 8. The Morgan fingerprint density at radius 2 is 1.89 bits per heavy atom. The summed E-state index contributed by atoms with van der Waals surface area (Å²) in [7, 11) is -3.52. The quantitative estimate of drug-likeness (QED) is 0.437. The summed E-state index contributed by atoms with van der Waals surface area (Å²) in [6.45, 7) is 2.71. The monoisotopic (exact) mass is 421 g/mol. The average Bonchev–Trinajstić information content (AvgIpc) is 3.20. The van der Waals surface area contributed by atoms with Crippen molar-refractivity contribution in [3.63, 3.8) is 0 Å². The van der Waals surface area contributed by atoms with Gasteiger partial charge >= 0.3 is 0 Å². The number of thioether (sulfide) groups is 1. The molecular formula is C18H23N5O3S2. The molecule has 10 heteroatoms. The average molecular weight is 422 g/mol. The van der Waals surface area contributed by atoms with Gasteiger partial charge in [0, 0.05) is 18.8 Å². The molecule has 5 N–H and O–H groups in total. The first-order valence-corrected chi connectivity index (χ1v) is 11.3. The van der Waals surface area contributed by atoms with Crippen LogP contribution in [0.1, 0.15) is 17.7 Å². The summed E-state index contributed by atoms with van der Waals surface area (Å²) >= 11 is 1.49. The van der Waals surface area contributed by atoms with Crippen LogP contribution < -0.4 is 26.4 Å². The van der Waals surface area contributed by atoms with E-state index in [4.69, 9.17) is 0 Å². The zero-order valence-electron chi connectivity index (χ0n) is 15.3. The van der Waals surface area contributed by atoms with Crippen molar-refractivity contribution < 1.29 is 13.2 Å². The predicted octanol–water partition coefficient (Wildman–Crippen LogP) is 1.34. The van der Waals surface area contributed by atoms with Gasteiger partial charge in [0.2, 0.25) is 15.9 Å². The maximum absolute atomic E-state index is 13.0. The molecule has 3 rings (SSSR count). The zero-order valence-corrected chi connectivity index (χ0v) is 16.9. The third kappa shape index (κ3) is 5.31. The fraction of sp³-hybridized carbons (Fsp3) is 0.278. The number of hydrogen-bond acceptors (Lipinski definition) is 7. The van der Waals surface area contributed by atoms with E-state index in [9.17, 15) is 13.2 Å². The fourth-order valence-electron chi connectivity index (χ4n) is 2.69. The van der Waals surface area contributed by atoms with Crippen LogP contribution in [0.2, 0.25) is 0 Å². The van der Waals surface area contributed by atoms with Crippen LogP contribution in [0.3, 0.4) is 0 Å². The predicted molar refractivity (Wildman–Crippen MR) is 111 cm³/mol. The summed E-state index contributed by atoms with van der Waals surface area (Å²) in [6.07, 6.45) is 0. The van der Waals surface area contributed by atoms with E-state index in [1.54, 1.807) is 19.1 Å². The molecule has 2 atom stereocenters. The summed E-state index contributed by atoms with van der Waals surface area (Å²) in [5.41, 5.74) is 10.3. The fourth-order valence-corrected chi connectivity index (χ4v) is 4.86. The number of sulfonamides is 1. The number of hydrazine groups is 2. The molecule has 0 saturated carbocycles. The van der Waals surface area contributed by atoms with E-state index in [2.05, 4.69) is 26.4 Å². The standard InChI is InChI=1S/C18H23N5O3S2/c1-2-20-28(25,26)15-10-8-14(9-11-15)21-18(24)17(13-6-4-3-5-7-13)27-16-12-19-23-22-16/h3-11,16-17,19-20,22-23H,2,12H2,1H3,(H,21,24). The molecule has 1 fully saturated rings. The third-order valence-corrected chi connectivity index (χ3v) is 6.95. The molecule has 0 aliphatic carbocycles. The van der Waals surface area contributed by atoms with Gasteiger partial charge in [-0.2, -0.15) is 5.53 Å². The van der Waals surface area contributed by atoms with Crippen molar-refractivity contribution >= 4 is 33.4 Å². The highest BCUT2D eigenvalue weighted by Gasteiger charge is 2.27. The summed E-state index contributed by atoms with van der Waals surface area (Å²) < 4.78 is 26.5. The second-order valence-corrected chi connectivity index (χ2v) is 9.16. The second-order valence-electron chi connectivity index (χ2n) is 6.08. The molecule has 1 saturated heterocycles. The van der Waals surface area contributed by atoms with E-state index in [1.807, 2.05) is 30.3 Å². The smallest absolute Gasteiger partial charge is 0.242 e. The van der Waals surface area contributed by atoms with Crippen LogP contribution in [0.15, 0.2) is 59.5 Å². The van der Waals surface area contributed by atoms with Crippen LogP contribution in [-0.4, -0.2) is 32.8 Å². The van der Waals surface area contributed by atoms with E-state index in [1.165, 1.54) is 23.9 Å². The summed E-state index contributed by atoms with van der Waals surface area (Å²) in [6, 6.07) is 15.7. The highest BCUT2D eigenvalue weighted by molar-refractivity contribution is 8.00. The van der Waals surface area contributed by atoms with Crippen LogP contribution in [0.5, 0.6) is 0 Å². The Morgan fingerprint density at radius 3 is 2.50 bits per heavy atom. The maximum atomic E-state index is 13.0. The van der Waals surface area contributed by atoms with E-state index < -0.39 is 15.3 Å². The molecule has 8 nitrogen and oxygen atoms in total. The van der Waals surface area contributed by atoms with Crippen molar-refractivity contribution in [3.05, 3.63) is 60.2 Å². The minimum absolute atomic E-state index is 0.0311. The van der Waals surface area contributed by atoms with Gasteiger partial charge in [0.05, 0.1) is 10.3 Å². The van der Waals surface area contributed by atoms with Gasteiger partial charge in [-0.3, -0.25) is 4.79 Å². The molecule has 2 aromatic rings. The van der Waals surface area contributed by atoms with Gasteiger partial charge in [0.25, 0.3) is 0 Å². The van der Waals surface area contributed by atoms with Gasteiger partial charge in [-0.25, -0.2) is 24.0 Å². The van der Waals surface area contributed by atoms with Crippen molar-refractivity contribution in [2.75, 3.05) is 18.4 Å². The van der Waals surface area contributed by atoms with Crippen LogP contribution in [-0.2, 0) is 14.8 Å². The summed E-state index contributed by atoms with van der Waals surface area (Å²) in [5, 5.41) is 2.49. The van der Waals surface area contributed by atoms with Crippen molar-refractivity contribution in [3.8, 4) is 0 Å². The van der Waals surface area contributed by atoms with Gasteiger partial charge in [0.1, 0.15) is 5.25 Å². The van der Waals surface area contributed by atoms with Crippen molar-refractivity contribution in [2.45, 2.75) is 22.4 Å². The Hall–Kier alpha value is -1.95. The molecule has 2 unspecified atom stereocenters. The lowest BCUT2D eigenvalue weighted by molar-refractivity contribution is -0.115. The topological polar surface area (TPSA) is 111 Å². The normalized spacial score (nSPS) is 18.0. The van der Waals surface area contributed by atoms with E-state index in [0.717, 1.165) is 5.56 Å². The Labute approximate surface area is 168 Å². The molecule has 1 aliphatic heterocycles. The molecule has 0 aromatic heterocycles. The number of benzene rings is 2. The number of amides is 1. The number of carbonyl (C=O) groups excluding carboxylic acids is 1. The van der Waals surface area contributed by atoms with E-state index >= 15 is 0 Å². The second kappa shape index (κ2) is 9.50. The number of carbonyl (C=O) groups is 1. The SMILES string of the molecule is CCNS(=O)(=O)c1ccc(NC(=O)C(SC2CNNN2)c2ccccc2)cc1. The summed E-state index contributed by atoms with van der Waals surface area (Å²) in [5.74, 6) is -0.174. The van der Waals surface area contributed by atoms with Gasteiger partial charge in [-0.05, 0) is 29.8 Å². The molecule has 1 heterocycles. The van der Waals surface area contributed by atoms with Crippen molar-refractivity contribution in [1.82, 2.24) is 21.1 Å². The maximum Gasteiger partial charge on any atom is 0.242 e. The Morgan fingerprint density at radius 1 is 1.18 bits per heavy atom. The highest BCUT2D eigenvalue weighted by atomic mass is 32.2. The third-order valence-electron chi connectivity index (χ3n) is 4.02. The van der Waals surface area contributed by atoms with E-state index in [0.29, 0.717) is 18.8 Å². The molecule has 2 aromatic carbocycles.